The normalized spacial score (nSPS) is 11.7. The van der Waals surface area contributed by atoms with Crippen LogP contribution >= 0.6 is 0 Å². The Morgan fingerprint density at radius 1 is 0.962 bits per heavy atom. The van der Waals surface area contributed by atoms with Crippen LogP contribution in [0.5, 0.6) is 5.75 Å². The first-order chi connectivity index (χ1) is 12.4. The number of rotatable bonds is 7. The summed E-state index contributed by atoms with van der Waals surface area (Å²) < 4.78 is 5.76. The molecule has 2 rings (SSSR count). The van der Waals surface area contributed by atoms with Crippen molar-refractivity contribution in [2.24, 2.45) is 5.92 Å². The molecule has 26 heavy (non-hydrogen) atoms. The summed E-state index contributed by atoms with van der Waals surface area (Å²) in [5, 5.41) is 5.67. The van der Waals surface area contributed by atoms with Gasteiger partial charge >= 0.3 is 0 Å². The molecule has 0 aliphatic carbocycles. The predicted molar refractivity (Wildman–Crippen MR) is 105 cm³/mol. The summed E-state index contributed by atoms with van der Waals surface area (Å²) in [6, 6.07) is 14.2. The minimum absolute atomic E-state index is 0.0663. The summed E-state index contributed by atoms with van der Waals surface area (Å²) in [5.74, 6) is 0.266. The molecule has 0 aliphatic rings. The second kappa shape index (κ2) is 9.04. The van der Waals surface area contributed by atoms with E-state index in [-0.39, 0.29) is 23.8 Å². The van der Waals surface area contributed by atoms with Gasteiger partial charge in [-0.15, -0.1) is 0 Å². The van der Waals surface area contributed by atoms with Crippen molar-refractivity contribution in [3.8, 4) is 5.75 Å². The van der Waals surface area contributed by atoms with Crippen LogP contribution in [0.15, 0.2) is 48.5 Å². The van der Waals surface area contributed by atoms with Crippen LogP contribution in [0, 0.1) is 5.92 Å². The van der Waals surface area contributed by atoms with Crippen LogP contribution in [0.25, 0.3) is 0 Å². The molecule has 0 radical (unpaired) electrons. The quantitative estimate of drug-likeness (QED) is 0.756. The first-order valence-electron chi connectivity index (χ1n) is 8.88. The van der Waals surface area contributed by atoms with Crippen LogP contribution in [-0.4, -0.2) is 17.9 Å². The monoisotopic (exact) mass is 354 g/mol. The van der Waals surface area contributed by atoms with Crippen molar-refractivity contribution in [1.82, 2.24) is 0 Å². The number of ether oxygens (including phenoxy) is 1. The Morgan fingerprint density at radius 2 is 1.62 bits per heavy atom. The summed E-state index contributed by atoms with van der Waals surface area (Å²) in [7, 11) is 0. The molecule has 1 unspecified atom stereocenters. The SMILES string of the molecule is CCC(C)Oc1cccc(C(=O)Nc2cccc(NC(=O)C(C)C)c2)c1. The molecule has 0 aromatic heterocycles. The lowest BCUT2D eigenvalue weighted by Crippen LogP contribution is -2.18. The third-order valence-corrected chi connectivity index (χ3v) is 3.92. The number of amides is 2. The molecule has 0 saturated carbocycles. The van der Waals surface area contributed by atoms with Gasteiger partial charge in [0, 0.05) is 22.9 Å². The van der Waals surface area contributed by atoms with E-state index in [4.69, 9.17) is 4.74 Å². The molecule has 2 aromatic rings. The van der Waals surface area contributed by atoms with E-state index < -0.39 is 0 Å². The molecule has 2 amide bonds. The van der Waals surface area contributed by atoms with Gasteiger partial charge in [0.2, 0.25) is 5.91 Å². The summed E-state index contributed by atoms with van der Waals surface area (Å²) in [6.45, 7) is 7.70. The van der Waals surface area contributed by atoms with Crippen LogP contribution in [0.3, 0.4) is 0 Å². The molecule has 138 valence electrons. The van der Waals surface area contributed by atoms with E-state index in [0.29, 0.717) is 22.7 Å². The summed E-state index contributed by atoms with van der Waals surface area (Å²) in [6.07, 6.45) is 0.986. The minimum Gasteiger partial charge on any atom is -0.491 e. The second-order valence-electron chi connectivity index (χ2n) is 6.54. The van der Waals surface area contributed by atoms with Gasteiger partial charge in [0.1, 0.15) is 5.75 Å². The van der Waals surface area contributed by atoms with Gasteiger partial charge in [0.05, 0.1) is 6.10 Å². The van der Waals surface area contributed by atoms with E-state index in [1.54, 1.807) is 42.5 Å². The predicted octanol–water partition coefficient (Wildman–Crippen LogP) is 4.71. The van der Waals surface area contributed by atoms with Crippen molar-refractivity contribution in [2.75, 3.05) is 10.6 Å². The number of carbonyl (C=O) groups excluding carboxylic acids is 2. The van der Waals surface area contributed by atoms with Gasteiger partial charge in [-0.25, -0.2) is 0 Å². The molecule has 5 nitrogen and oxygen atoms in total. The molecule has 0 fully saturated rings. The highest BCUT2D eigenvalue weighted by atomic mass is 16.5. The third-order valence-electron chi connectivity index (χ3n) is 3.92. The van der Waals surface area contributed by atoms with Crippen LogP contribution in [0.2, 0.25) is 0 Å². The third kappa shape index (κ3) is 5.62. The Bertz CT molecular complexity index is 771. The van der Waals surface area contributed by atoms with Crippen molar-refractivity contribution in [1.29, 1.82) is 0 Å². The molecular formula is C21H26N2O3. The first-order valence-corrected chi connectivity index (χ1v) is 8.88. The lowest BCUT2D eigenvalue weighted by molar-refractivity contribution is -0.118. The van der Waals surface area contributed by atoms with E-state index in [0.717, 1.165) is 6.42 Å². The standard InChI is InChI=1S/C21H26N2O3/c1-5-15(4)26-19-11-6-8-16(12-19)21(25)23-18-10-7-9-17(13-18)22-20(24)14(2)3/h6-15H,5H2,1-4H3,(H,22,24)(H,23,25). The molecular weight excluding hydrogens is 328 g/mol. The van der Waals surface area contributed by atoms with Crippen molar-refractivity contribution in [3.63, 3.8) is 0 Å². The number of anilines is 2. The highest BCUT2D eigenvalue weighted by molar-refractivity contribution is 6.05. The molecule has 1 atom stereocenters. The zero-order valence-corrected chi connectivity index (χ0v) is 15.7. The maximum atomic E-state index is 12.5. The molecule has 2 aromatic carbocycles. The van der Waals surface area contributed by atoms with E-state index >= 15 is 0 Å². The lowest BCUT2D eigenvalue weighted by atomic mass is 10.1. The topological polar surface area (TPSA) is 67.4 Å². The van der Waals surface area contributed by atoms with E-state index in [1.165, 1.54) is 0 Å². The van der Waals surface area contributed by atoms with Gasteiger partial charge in [-0.2, -0.15) is 0 Å². The Balaban J connectivity index is 2.08. The zero-order chi connectivity index (χ0) is 19.1. The van der Waals surface area contributed by atoms with Gasteiger partial charge in [-0.3, -0.25) is 9.59 Å². The van der Waals surface area contributed by atoms with Gasteiger partial charge in [-0.05, 0) is 49.7 Å². The van der Waals surface area contributed by atoms with Crippen molar-refractivity contribution in [3.05, 3.63) is 54.1 Å². The molecule has 0 aliphatic heterocycles. The van der Waals surface area contributed by atoms with Gasteiger partial charge < -0.3 is 15.4 Å². The Kier molecular flexibility index (Phi) is 6.78. The number of hydrogen-bond donors (Lipinski definition) is 2. The van der Waals surface area contributed by atoms with Gasteiger partial charge in [0.25, 0.3) is 5.91 Å². The van der Waals surface area contributed by atoms with Crippen molar-refractivity contribution < 1.29 is 14.3 Å². The fourth-order valence-corrected chi connectivity index (χ4v) is 2.19. The van der Waals surface area contributed by atoms with Crippen LogP contribution in [-0.2, 0) is 4.79 Å². The number of hydrogen-bond acceptors (Lipinski definition) is 3. The van der Waals surface area contributed by atoms with Crippen LogP contribution in [0.1, 0.15) is 44.5 Å². The number of benzene rings is 2. The maximum absolute atomic E-state index is 12.5. The average molecular weight is 354 g/mol. The number of carbonyl (C=O) groups is 2. The molecule has 2 N–H and O–H groups in total. The lowest BCUT2D eigenvalue weighted by Gasteiger charge is -2.13. The van der Waals surface area contributed by atoms with Crippen molar-refractivity contribution in [2.45, 2.75) is 40.2 Å². The molecule has 0 bridgehead atoms. The van der Waals surface area contributed by atoms with Crippen molar-refractivity contribution >= 4 is 23.2 Å². The summed E-state index contributed by atoms with van der Waals surface area (Å²) in [4.78, 5) is 24.3. The Hall–Kier alpha value is -2.82. The largest absolute Gasteiger partial charge is 0.491 e. The maximum Gasteiger partial charge on any atom is 0.255 e. The average Bonchev–Trinajstić information content (AvgIpc) is 2.62. The molecule has 5 heteroatoms. The summed E-state index contributed by atoms with van der Waals surface area (Å²) in [5.41, 5.74) is 1.78. The molecule has 0 saturated heterocycles. The fraction of sp³-hybridized carbons (Fsp3) is 0.333. The summed E-state index contributed by atoms with van der Waals surface area (Å²) >= 11 is 0. The molecule has 0 spiro atoms. The highest BCUT2D eigenvalue weighted by Crippen LogP contribution is 2.19. The van der Waals surface area contributed by atoms with Crippen LogP contribution in [0.4, 0.5) is 11.4 Å². The van der Waals surface area contributed by atoms with Crippen LogP contribution < -0.4 is 15.4 Å². The minimum atomic E-state index is -0.230. The Morgan fingerprint density at radius 3 is 2.27 bits per heavy atom. The first kappa shape index (κ1) is 19.5. The van der Waals surface area contributed by atoms with E-state index in [1.807, 2.05) is 33.8 Å². The van der Waals surface area contributed by atoms with Gasteiger partial charge in [-0.1, -0.05) is 32.9 Å². The van der Waals surface area contributed by atoms with Gasteiger partial charge in [0.15, 0.2) is 0 Å². The second-order valence-corrected chi connectivity index (χ2v) is 6.54. The fourth-order valence-electron chi connectivity index (χ4n) is 2.19. The zero-order valence-electron chi connectivity index (χ0n) is 15.7. The Labute approximate surface area is 154 Å². The van der Waals surface area contributed by atoms with E-state index in [9.17, 15) is 9.59 Å². The number of nitrogens with one attached hydrogen (secondary N) is 2. The molecule has 0 heterocycles. The van der Waals surface area contributed by atoms with E-state index in [2.05, 4.69) is 10.6 Å². The smallest absolute Gasteiger partial charge is 0.255 e. The highest BCUT2D eigenvalue weighted by Gasteiger charge is 2.10.